The van der Waals surface area contributed by atoms with E-state index < -0.39 is 5.97 Å². The number of hydrogen-bond acceptors (Lipinski definition) is 4. The molecule has 5 nitrogen and oxygen atoms in total. The summed E-state index contributed by atoms with van der Waals surface area (Å²) in [5, 5.41) is 9.27. The van der Waals surface area contributed by atoms with Crippen molar-refractivity contribution in [1.82, 2.24) is 9.88 Å². The maximum atomic E-state index is 11.0. The predicted octanol–water partition coefficient (Wildman–Crippen LogP) is 1.82. The van der Waals surface area contributed by atoms with Gasteiger partial charge in [-0.2, -0.15) is 0 Å². The van der Waals surface area contributed by atoms with Crippen LogP contribution in [0.25, 0.3) is 0 Å². The van der Waals surface area contributed by atoms with Crippen LogP contribution in [0.5, 0.6) is 0 Å². The Morgan fingerprint density at radius 1 is 1.47 bits per heavy atom. The number of pyridine rings is 1. The molecule has 2 heterocycles. The van der Waals surface area contributed by atoms with Crippen LogP contribution < -0.4 is 4.90 Å². The molecule has 0 radical (unpaired) electrons. The maximum Gasteiger partial charge on any atom is 0.335 e. The zero-order valence-electron chi connectivity index (χ0n) is 11.3. The molecule has 0 saturated carbocycles. The molecule has 1 aliphatic heterocycles. The zero-order chi connectivity index (χ0) is 14.2. The summed E-state index contributed by atoms with van der Waals surface area (Å²) in [5.74, 6) is 0.159. The number of likely N-dealkylation sites (N-methyl/N-ethyl adjacent to an activating group) is 1. The molecule has 1 N–H and O–H groups in total. The van der Waals surface area contributed by atoms with E-state index in [9.17, 15) is 4.79 Å². The summed E-state index contributed by atoms with van der Waals surface area (Å²) in [6, 6.07) is 3.39. The monoisotopic (exact) mass is 283 g/mol. The fraction of sp³-hybridized carbons (Fsp3) is 0.538. The van der Waals surface area contributed by atoms with Gasteiger partial charge in [-0.05, 0) is 32.1 Å². The molecule has 0 spiro atoms. The SMILES string of the molecule is CC1CN(c2cc(C(=O)O)cc(Cl)n2)CC1N(C)C. The van der Waals surface area contributed by atoms with Gasteiger partial charge in [0.25, 0.3) is 0 Å². The third-order valence-electron chi connectivity index (χ3n) is 3.59. The summed E-state index contributed by atoms with van der Waals surface area (Å²) in [7, 11) is 4.11. The van der Waals surface area contributed by atoms with E-state index in [0.717, 1.165) is 13.1 Å². The number of anilines is 1. The molecule has 1 fully saturated rings. The lowest BCUT2D eigenvalue weighted by atomic mass is 10.1. The fourth-order valence-corrected chi connectivity index (χ4v) is 2.78. The van der Waals surface area contributed by atoms with Gasteiger partial charge in [-0.1, -0.05) is 18.5 Å². The Hall–Kier alpha value is -1.33. The second-order valence-corrected chi connectivity index (χ2v) is 5.64. The zero-order valence-corrected chi connectivity index (χ0v) is 12.1. The van der Waals surface area contributed by atoms with E-state index in [-0.39, 0.29) is 10.7 Å². The topological polar surface area (TPSA) is 56.7 Å². The second-order valence-electron chi connectivity index (χ2n) is 5.26. The van der Waals surface area contributed by atoms with E-state index in [1.165, 1.54) is 6.07 Å². The minimum atomic E-state index is -0.984. The highest BCUT2D eigenvalue weighted by Gasteiger charge is 2.32. The van der Waals surface area contributed by atoms with E-state index in [2.05, 4.69) is 35.8 Å². The maximum absolute atomic E-state index is 11.0. The lowest BCUT2D eigenvalue weighted by molar-refractivity contribution is 0.0697. The van der Waals surface area contributed by atoms with Crippen LogP contribution in [0, 0.1) is 5.92 Å². The molecule has 6 heteroatoms. The molecule has 19 heavy (non-hydrogen) atoms. The van der Waals surface area contributed by atoms with Gasteiger partial charge in [-0.25, -0.2) is 9.78 Å². The number of carboxylic acid groups (broad SMARTS) is 1. The molecular formula is C13H18ClN3O2. The number of nitrogens with zero attached hydrogens (tertiary/aromatic N) is 3. The molecule has 1 aliphatic rings. The van der Waals surface area contributed by atoms with Gasteiger partial charge in [-0.15, -0.1) is 0 Å². The van der Waals surface area contributed by atoms with E-state index >= 15 is 0 Å². The molecule has 1 aromatic rings. The molecular weight excluding hydrogens is 266 g/mol. The van der Waals surface area contributed by atoms with Crippen LogP contribution in [-0.2, 0) is 0 Å². The van der Waals surface area contributed by atoms with Crippen molar-refractivity contribution in [2.45, 2.75) is 13.0 Å². The highest BCUT2D eigenvalue weighted by atomic mass is 35.5. The average Bonchev–Trinajstić information content (AvgIpc) is 2.70. The van der Waals surface area contributed by atoms with Gasteiger partial charge in [0.1, 0.15) is 11.0 Å². The third-order valence-corrected chi connectivity index (χ3v) is 3.78. The molecule has 2 unspecified atom stereocenters. The number of aromatic nitrogens is 1. The first-order valence-electron chi connectivity index (χ1n) is 6.20. The summed E-state index contributed by atoms with van der Waals surface area (Å²) in [6.07, 6.45) is 0. The highest BCUT2D eigenvalue weighted by Crippen LogP contribution is 2.26. The van der Waals surface area contributed by atoms with Gasteiger partial charge in [0.2, 0.25) is 0 Å². The largest absolute Gasteiger partial charge is 0.478 e. The van der Waals surface area contributed by atoms with Crippen molar-refractivity contribution in [2.24, 2.45) is 5.92 Å². The van der Waals surface area contributed by atoms with Gasteiger partial charge in [0.15, 0.2) is 0 Å². The average molecular weight is 284 g/mol. The molecule has 0 bridgehead atoms. The third kappa shape index (κ3) is 2.98. The van der Waals surface area contributed by atoms with Gasteiger partial charge in [0.05, 0.1) is 5.56 Å². The Morgan fingerprint density at radius 2 is 2.16 bits per heavy atom. The number of carbonyl (C=O) groups is 1. The molecule has 0 aliphatic carbocycles. The van der Waals surface area contributed by atoms with Crippen LogP contribution in [0.15, 0.2) is 12.1 Å². The molecule has 0 amide bonds. The first kappa shape index (κ1) is 14.1. The number of halogens is 1. The Morgan fingerprint density at radius 3 is 2.68 bits per heavy atom. The summed E-state index contributed by atoms with van der Waals surface area (Å²) >= 11 is 5.90. The van der Waals surface area contributed by atoms with Crippen LogP contribution in [0.3, 0.4) is 0 Å². The molecule has 1 aromatic heterocycles. The minimum Gasteiger partial charge on any atom is -0.478 e. The number of hydrogen-bond donors (Lipinski definition) is 1. The van der Waals surface area contributed by atoms with Crippen LogP contribution in [0.4, 0.5) is 5.82 Å². The Labute approximate surface area is 117 Å². The predicted molar refractivity (Wildman–Crippen MR) is 75.1 cm³/mol. The summed E-state index contributed by atoms with van der Waals surface area (Å²) in [6.45, 7) is 3.88. The van der Waals surface area contributed by atoms with Crippen LogP contribution in [0.2, 0.25) is 5.15 Å². The van der Waals surface area contributed by atoms with Crippen molar-refractivity contribution in [3.8, 4) is 0 Å². The molecule has 0 aromatic carbocycles. The van der Waals surface area contributed by atoms with Crippen molar-refractivity contribution >= 4 is 23.4 Å². The van der Waals surface area contributed by atoms with Crippen molar-refractivity contribution < 1.29 is 9.90 Å². The van der Waals surface area contributed by atoms with Crippen LogP contribution in [-0.4, -0.2) is 54.2 Å². The Kier molecular flexibility index (Phi) is 3.96. The lowest BCUT2D eigenvalue weighted by Crippen LogP contribution is -2.34. The van der Waals surface area contributed by atoms with Crippen LogP contribution >= 0.6 is 11.6 Å². The number of carboxylic acids is 1. The summed E-state index contributed by atoms with van der Waals surface area (Å²) < 4.78 is 0. The van der Waals surface area contributed by atoms with E-state index in [1.54, 1.807) is 6.07 Å². The Balaban J connectivity index is 2.26. The summed E-state index contributed by atoms with van der Waals surface area (Å²) in [4.78, 5) is 19.6. The van der Waals surface area contributed by atoms with E-state index in [4.69, 9.17) is 16.7 Å². The number of rotatable bonds is 3. The van der Waals surface area contributed by atoms with Crippen molar-refractivity contribution in [3.63, 3.8) is 0 Å². The van der Waals surface area contributed by atoms with Crippen molar-refractivity contribution in [3.05, 3.63) is 22.8 Å². The highest BCUT2D eigenvalue weighted by molar-refractivity contribution is 6.29. The first-order valence-corrected chi connectivity index (χ1v) is 6.58. The van der Waals surface area contributed by atoms with E-state index in [1.807, 2.05) is 0 Å². The standard InChI is InChI=1S/C13H18ClN3O2/c1-8-6-17(7-10(8)16(2)3)12-5-9(13(18)19)4-11(14)15-12/h4-5,8,10H,6-7H2,1-3H3,(H,18,19). The lowest BCUT2D eigenvalue weighted by Gasteiger charge is -2.22. The van der Waals surface area contributed by atoms with Gasteiger partial charge >= 0.3 is 5.97 Å². The van der Waals surface area contributed by atoms with E-state index in [0.29, 0.717) is 17.8 Å². The van der Waals surface area contributed by atoms with Crippen molar-refractivity contribution in [2.75, 3.05) is 32.1 Å². The quantitative estimate of drug-likeness (QED) is 0.858. The van der Waals surface area contributed by atoms with Gasteiger partial charge in [-0.3, -0.25) is 0 Å². The number of aromatic carboxylic acids is 1. The van der Waals surface area contributed by atoms with Crippen LogP contribution in [0.1, 0.15) is 17.3 Å². The van der Waals surface area contributed by atoms with Gasteiger partial charge < -0.3 is 14.9 Å². The molecule has 1 saturated heterocycles. The smallest absolute Gasteiger partial charge is 0.335 e. The first-order chi connectivity index (χ1) is 8.88. The molecule has 104 valence electrons. The van der Waals surface area contributed by atoms with Gasteiger partial charge in [0, 0.05) is 19.1 Å². The van der Waals surface area contributed by atoms with Crippen molar-refractivity contribution in [1.29, 1.82) is 0 Å². The normalized spacial score (nSPS) is 23.1. The molecule has 2 atom stereocenters. The molecule has 2 rings (SSSR count). The fourth-order valence-electron chi connectivity index (χ4n) is 2.58. The second kappa shape index (κ2) is 5.35. The Bertz CT molecular complexity index is 493. The minimum absolute atomic E-state index is 0.177. The summed E-state index contributed by atoms with van der Waals surface area (Å²) in [5.41, 5.74) is 0.177.